The Balaban J connectivity index is 1.39. The summed E-state index contributed by atoms with van der Waals surface area (Å²) in [5.41, 5.74) is 5.20. The molecule has 0 aromatic carbocycles. The predicted octanol–water partition coefficient (Wildman–Crippen LogP) is 3.04. The lowest BCUT2D eigenvalue weighted by Gasteiger charge is -2.26. The van der Waals surface area contributed by atoms with Gasteiger partial charge in [-0.1, -0.05) is 12.1 Å². The fourth-order valence-corrected chi connectivity index (χ4v) is 4.60. The predicted molar refractivity (Wildman–Crippen MR) is 105 cm³/mol. The van der Waals surface area contributed by atoms with E-state index in [1.54, 1.807) is 0 Å². The summed E-state index contributed by atoms with van der Waals surface area (Å²) in [6, 6.07) is 12.6. The van der Waals surface area contributed by atoms with E-state index >= 15 is 0 Å². The van der Waals surface area contributed by atoms with Crippen LogP contribution >= 0.6 is 0 Å². The van der Waals surface area contributed by atoms with Gasteiger partial charge < -0.3 is 4.90 Å². The Kier molecular flexibility index (Phi) is 4.09. The van der Waals surface area contributed by atoms with Gasteiger partial charge in [0.2, 0.25) is 0 Å². The Bertz CT molecular complexity index is 914. The molecule has 5 rings (SSSR count). The van der Waals surface area contributed by atoms with Crippen LogP contribution in [0.5, 0.6) is 0 Å². The van der Waals surface area contributed by atoms with Crippen molar-refractivity contribution in [3.63, 3.8) is 0 Å². The molecule has 5 nitrogen and oxygen atoms in total. The molecule has 0 saturated carbocycles. The molecular formula is C22H23N5. The lowest BCUT2D eigenvalue weighted by Crippen LogP contribution is -2.36. The first-order valence-corrected chi connectivity index (χ1v) is 9.53. The van der Waals surface area contributed by atoms with Crippen LogP contribution < -0.4 is 4.90 Å². The highest BCUT2D eigenvalue weighted by molar-refractivity contribution is 5.60. The molecule has 1 saturated heterocycles. The van der Waals surface area contributed by atoms with E-state index in [9.17, 15) is 0 Å². The molecule has 0 amide bonds. The molecular weight excluding hydrogens is 334 g/mol. The highest BCUT2D eigenvalue weighted by Crippen LogP contribution is 2.45. The molecule has 0 radical (unpaired) electrons. The zero-order valence-electron chi connectivity index (χ0n) is 15.3. The van der Waals surface area contributed by atoms with Gasteiger partial charge in [-0.25, -0.2) is 0 Å². The van der Waals surface area contributed by atoms with E-state index in [1.807, 2.05) is 43.1 Å². The standard InChI is InChI=1S/C22H23N5/c1-4-18(12-23-8-1)14-26-11-7-22(16-26)17-27(15-19-5-2-9-24-13-19)20-6-3-10-25-21(20)22/h1-6,8-10,12-13H,7,11,14-17H2/t22-/m1/s1. The van der Waals surface area contributed by atoms with Crippen LogP contribution in [0.2, 0.25) is 0 Å². The number of nitrogens with zero attached hydrogens (tertiary/aromatic N) is 5. The number of hydrogen-bond donors (Lipinski definition) is 0. The molecule has 2 aliphatic heterocycles. The van der Waals surface area contributed by atoms with Crippen molar-refractivity contribution in [1.82, 2.24) is 19.9 Å². The summed E-state index contributed by atoms with van der Waals surface area (Å²) >= 11 is 0. The summed E-state index contributed by atoms with van der Waals surface area (Å²) in [6.45, 7) is 5.02. The van der Waals surface area contributed by atoms with Crippen LogP contribution in [0.4, 0.5) is 5.69 Å². The first kappa shape index (κ1) is 16.4. The third-order valence-corrected chi connectivity index (χ3v) is 5.78. The second-order valence-electron chi connectivity index (χ2n) is 7.69. The Labute approximate surface area is 159 Å². The summed E-state index contributed by atoms with van der Waals surface area (Å²) in [6.07, 6.45) is 10.7. The molecule has 136 valence electrons. The Hall–Kier alpha value is -2.79. The molecule has 5 heteroatoms. The molecule has 27 heavy (non-hydrogen) atoms. The number of fused-ring (bicyclic) bond motifs is 2. The molecule has 5 heterocycles. The normalized spacial score (nSPS) is 21.7. The van der Waals surface area contributed by atoms with Crippen LogP contribution in [-0.4, -0.2) is 39.5 Å². The molecule has 2 aliphatic rings. The number of aromatic nitrogens is 3. The molecule has 1 atom stereocenters. The van der Waals surface area contributed by atoms with Gasteiger partial charge in [-0.05, 0) is 48.4 Å². The molecule has 0 unspecified atom stereocenters. The Morgan fingerprint density at radius 1 is 0.852 bits per heavy atom. The van der Waals surface area contributed by atoms with Gasteiger partial charge >= 0.3 is 0 Å². The zero-order valence-corrected chi connectivity index (χ0v) is 15.3. The lowest BCUT2D eigenvalue weighted by atomic mass is 9.85. The van der Waals surface area contributed by atoms with Crippen LogP contribution in [0.25, 0.3) is 0 Å². The quantitative estimate of drug-likeness (QED) is 0.718. The fraction of sp³-hybridized carbons (Fsp3) is 0.318. The van der Waals surface area contributed by atoms with Crippen molar-refractivity contribution in [2.45, 2.75) is 24.9 Å². The third kappa shape index (κ3) is 3.08. The summed E-state index contributed by atoms with van der Waals surface area (Å²) < 4.78 is 0. The van der Waals surface area contributed by atoms with Gasteiger partial charge in [0.05, 0.1) is 11.4 Å². The van der Waals surface area contributed by atoms with Crippen LogP contribution in [0.1, 0.15) is 23.2 Å². The summed E-state index contributed by atoms with van der Waals surface area (Å²) in [4.78, 5) is 18.4. The molecule has 1 fully saturated rings. The molecule has 1 spiro atoms. The zero-order chi connectivity index (χ0) is 18.1. The topological polar surface area (TPSA) is 45.2 Å². The third-order valence-electron chi connectivity index (χ3n) is 5.78. The van der Waals surface area contributed by atoms with Crippen molar-refractivity contribution in [3.8, 4) is 0 Å². The maximum Gasteiger partial charge on any atom is 0.0729 e. The number of anilines is 1. The monoisotopic (exact) mass is 357 g/mol. The average molecular weight is 357 g/mol. The van der Waals surface area contributed by atoms with E-state index in [0.717, 1.165) is 39.1 Å². The van der Waals surface area contributed by atoms with Crippen LogP contribution in [0, 0.1) is 0 Å². The van der Waals surface area contributed by atoms with Gasteiger partial charge in [-0.3, -0.25) is 19.9 Å². The second kappa shape index (κ2) is 6.74. The minimum absolute atomic E-state index is 0.126. The maximum absolute atomic E-state index is 4.83. The largest absolute Gasteiger partial charge is 0.365 e. The number of pyridine rings is 3. The van der Waals surface area contributed by atoms with Crippen LogP contribution in [0.3, 0.4) is 0 Å². The van der Waals surface area contributed by atoms with Crippen molar-refractivity contribution >= 4 is 5.69 Å². The van der Waals surface area contributed by atoms with Crippen LogP contribution in [0.15, 0.2) is 67.4 Å². The van der Waals surface area contributed by atoms with E-state index in [-0.39, 0.29) is 5.41 Å². The number of likely N-dealkylation sites (tertiary alicyclic amines) is 1. The molecule has 0 N–H and O–H groups in total. The molecule has 0 bridgehead atoms. The number of rotatable bonds is 4. The first-order chi connectivity index (χ1) is 13.3. The van der Waals surface area contributed by atoms with E-state index in [4.69, 9.17) is 4.98 Å². The summed E-state index contributed by atoms with van der Waals surface area (Å²) in [5.74, 6) is 0. The second-order valence-corrected chi connectivity index (χ2v) is 7.69. The van der Waals surface area contributed by atoms with Gasteiger partial charge in [-0.15, -0.1) is 0 Å². The van der Waals surface area contributed by atoms with E-state index in [1.165, 1.54) is 22.5 Å². The smallest absolute Gasteiger partial charge is 0.0729 e. The summed E-state index contributed by atoms with van der Waals surface area (Å²) in [7, 11) is 0. The molecule has 3 aromatic rings. The Morgan fingerprint density at radius 3 is 2.33 bits per heavy atom. The maximum atomic E-state index is 4.83. The van der Waals surface area contributed by atoms with Crippen LogP contribution in [-0.2, 0) is 18.5 Å². The SMILES string of the molecule is c1cncc(CN2CC[C@@]3(C2)CN(Cc2cccnc2)c2cccnc23)c1. The Morgan fingerprint density at radius 2 is 1.59 bits per heavy atom. The highest BCUT2D eigenvalue weighted by Gasteiger charge is 2.48. The minimum atomic E-state index is 0.126. The minimum Gasteiger partial charge on any atom is -0.365 e. The van der Waals surface area contributed by atoms with E-state index < -0.39 is 0 Å². The van der Waals surface area contributed by atoms with Gasteiger partial charge in [0.1, 0.15) is 0 Å². The molecule has 0 aliphatic carbocycles. The van der Waals surface area contributed by atoms with Crippen molar-refractivity contribution in [2.75, 3.05) is 24.5 Å². The van der Waals surface area contributed by atoms with Gasteiger partial charge in [0.25, 0.3) is 0 Å². The van der Waals surface area contributed by atoms with Crippen molar-refractivity contribution in [2.24, 2.45) is 0 Å². The lowest BCUT2D eigenvalue weighted by molar-refractivity contribution is 0.305. The summed E-state index contributed by atoms with van der Waals surface area (Å²) in [5, 5.41) is 0. The van der Waals surface area contributed by atoms with Gasteiger partial charge in [0.15, 0.2) is 0 Å². The first-order valence-electron chi connectivity index (χ1n) is 9.53. The van der Waals surface area contributed by atoms with Gasteiger partial charge in [0, 0.05) is 62.6 Å². The average Bonchev–Trinajstić information content (AvgIpc) is 3.25. The van der Waals surface area contributed by atoms with Crippen molar-refractivity contribution < 1.29 is 0 Å². The van der Waals surface area contributed by atoms with Crippen molar-refractivity contribution in [1.29, 1.82) is 0 Å². The van der Waals surface area contributed by atoms with Crippen molar-refractivity contribution in [3.05, 3.63) is 84.2 Å². The van der Waals surface area contributed by atoms with E-state index in [0.29, 0.717) is 0 Å². The number of hydrogen-bond acceptors (Lipinski definition) is 5. The fourth-order valence-electron chi connectivity index (χ4n) is 4.60. The van der Waals surface area contributed by atoms with E-state index in [2.05, 4.69) is 44.0 Å². The highest BCUT2D eigenvalue weighted by atomic mass is 15.2. The van der Waals surface area contributed by atoms with Gasteiger partial charge in [-0.2, -0.15) is 0 Å². The molecule has 3 aromatic heterocycles.